The third kappa shape index (κ3) is 3.81. The summed E-state index contributed by atoms with van der Waals surface area (Å²) < 4.78 is 83.7. The van der Waals surface area contributed by atoms with Gasteiger partial charge in [0.05, 0.1) is 5.41 Å². The molecule has 0 aromatic heterocycles. The first-order valence-electron chi connectivity index (χ1n) is 7.75. The predicted octanol–water partition coefficient (Wildman–Crippen LogP) is 4.38. The fraction of sp³-hybridized carbons (Fsp3) is 0.933. The van der Waals surface area contributed by atoms with Gasteiger partial charge in [-0.1, -0.05) is 19.8 Å². The van der Waals surface area contributed by atoms with Crippen LogP contribution in [0.1, 0.15) is 52.9 Å². The molecule has 0 aromatic rings. The minimum Gasteiger partial charge on any atom is -0.458 e. The Morgan fingerprint density at radius 1 is 1.08 bits per heavy atom. The fourth-order valence-corrected chi connectivity index (χ4v) is 2.69. The molecule has 142 valence electrons. The van der Waals surface area contributed by atoms with Crippen molar-refractivity contribution >= 4 is 5.97 Å². The molecule has 1 saturated carbocycles. The number of esters is 1. The van der Waals surface area contributed by atoms with Gasteiger partial charge in [0.15, 0.2) is 6.10 Å². The molecule has 1 N–H and O–H groups in total. The Hall–Kier alpha value is -0.990. The van der Waals surface area contributed by atoms with E-state index in [1.54, 1.807) is 6.92 Å². The Kier molecular flexibility index (Phi) is 5.90. The average molecular weight is 364 g/mol. The van der Waals surface area contributed by atoms with Gasteiger partial charge in [-0.15, -0.1) is 0 Å². The molecular weight excluding hydrogens is 342 g/mol. The highest BCUT2D eigenvalue weighted by molar-refractivity contribution is 5.76. The van der Waals surface area contributed by atoms with E-state index >= 15 is 0 Å². The second-order valence-electron chi connectivity index (χ2n) is 6.87. The van der Waals surface area contributed by atoms with Crippen molar-refractivity contribution in [3.05, 3.63) is 0 Å². The summed E-state index contributed by atoms with van der Waals surface area (Å²) in [5, 5.41) is 9.66. The first-order valence-corrected chi connectivity index (χ1v) is 7.75. The van der Waals surface area contributed by atoms with E-state index in [0.29, 0.717) is 12.8 Å². The molecule has 0 radical (unpaired) electrons. The largest absolute Gasteiger partial charge is 0.458 e. The van der Waals surface area contributed by atoms with Crippen LogP contribution in [0.5, 0.6) is 0 Å². The fourth-order valence-electron chi connectivity index (χ4n) is 2.69. The van der Waals surface area contributed by atoms with E-state index in [9.17, 15) is 36.2 Å². The zero-order chi connectivity index (χ0) is 19.0. The van der Waals surface area contributed by atoms with Crippen LogP contribution in [0, 0.1) is 11.3 Å². The third-order valence-corrected chi connectivity index (χ3v) is 4.77. The van der Waals surface area contributed by atoms with Crippen LogP contribution in [-0.2, 0) is 9.53 Å². The lowest BCUT2D eigenvalue weighted by molar-refractivity contribution is -0.396. The van der Waals surface area contributed by atoms with E-state index in [1.807, 2.05) is 0 Å². The molecule has 24 heavy (non-hydrogen) atoms. The number of rotatable bonds is 5. The van der Waals surface area contributed by atoms with Crippen LogP contribution in [0.3, 0.4) is 0 Å². The second-order valence-corrected chi connectivity index (χ2v) is 6.87. The summed E-state index contributed by atoms with van der Waals surface area (Å²) in [5.41, 5.74) is -6.34. The van der Waals surface area contributed by atoms with Crippen molar-refractivity contribution < 1.29 is 41.0 Å². The lowest BCUT2D eigenvalue weighted by atomic mass is 9.83. The Labute approximate surface area is 136 Å². The molecule has 1 unspecified atom stereocenters. The molecule has 1 atom stereocenters. The standard InChI is InChI=1S/C15H22F6O3/c1-4-12(2,3)11(22)24-10(9-7-5-6-8-9)13(23,14(16,17)18)15(19,20)21/h9-10,23H,4-8H2,1-3H3. The van der Waals surface area contributed by atoms with E-state index < -0.39 is 41.4 Å². The zero-order valence-electron chi connectivity index (χ0n) is 13.7. The van der Waals surface area contributed by atoms with E-state index in [2.05, 4.69) is 4.74 Å². The monoisotopic (exact) mass is 364 g/mol. The molecule has 0 saturated heterocycles. The van der Waals surface area contributed by atoms with Crippen LogP contribution in [-0.4, -0.2) is 35.1 Å². The van der Waals surface area contributed by atoms with Crippen LogP contribution < -0.4 is 0 Å². The lowest BCUT2D eigenvalue weighted by Crippen LogP contribution is -2.67. The highest BCUT2D eigenvalue weighted by Crippen LogP contribution is 2.50. The van der Waals surface area contributed by atoms with E-state index in [0.717, 1.165) is 0 Å². The van der Waals surface area contributed by atoms with Crippen molar-refractivity contribution in [2.45, 2.75) is 76.9 Å². The minimum absolute atomic E-state index is 0.0268. The summed E-state index contributed by atoms with van der Waals surface area (Å²) in [5.74, 6) is -2.39. The molecular formula is C15H22F6O3. The number of alkyl halides is 6. The van der Waals surface area contributed by atoms with Gasteiger partial charge in [-0.3, -0.25) is 4.79 Å². The van der Waals surface area contributed by atoms with Gasteiger partial charge >= 0.3 is 18.3 Å². The number of halogens is 6. The molecule has 0 aromatic carbocycles. The minimum atomic E-state index is -6.02. The molecule has 0 amide bonds. The van der Waals surface area contributed by atoms with Crippen LogP contribution in [0.2, 0.25) is 0 Å². The average Bonchev–Trinajstić information content (AvgIpc) is 2.94. The quantitative estimate of drug-likeness (QED) is 0.582. The lowest BCUT2D eigenvalue weighted by Gasteiger charge is -2.41. The van der Waals surface area contributed by atoms with Gasteiger partial charge in [-0.25, -0.2) is 0 Å². The van der Waals surface area contributed by atoms with Gasteiger partial charge in [-0.2, -0.15) is 26.3 Å². The highest BCUT2D eigenvalue weighted by atomic mass is 19.4. The molecule has 0 heterocycles. The Balaban J connectivity index is 3.33. The molecule has 1 fully saturated rings. The molecule has 1 aliphatic rings. The van der Waals surface area contributed by atoms with E-state index in [-0.39, 0.29) is 19.3 Å². The SMILES string of the molecule is CCC(C)(C)C(=O)OC(C1CCCC1)C(O)(C(F)(F)F)C(F)(F)F. The topological polar surface area (TPSA) is 46.5 Å². The van der Waals surface area contributed by atoms with Crippen LogP contribution in [0.15, 0.2) is 0 Å². The molecule has 1 rings (SSSR count). The number of hydrogen-bond donors (Lipinski definition) is 1. The molecule has 9 heteroatoms. The van der Waals surface area contributed by atoms with Gasteiger partial charge in [0.25, 0.3) is 5.60 Å². The van der Waals surface area contributed by atoms with Crippen LogP contribution in [0.25, 0.3) is 0 Å². The van der Waals surface area contributed by atoms with Crippen LogP contribution in [0.4, 0.5) is 26.3 Å². The Bertz CT molecular complexity index is 435. The van der Waals surface area contributed by atoms with Gasteiger partial charge in [-0.05, 0) is 39.0 Å². The summed E-state index contributed by atoms with van der Waals surface area (Å²) in [6.45, 7) is 4.29. The highest BCUT2D eigenvalue weighted by Gasteiger charge is 2.76. The van der Waals surface area contributed by atoms with E-state index in [1.165, 1.54) is 13.8 Å². The number of carbonyl (C=O) groups excluding carboxylic acids is 1. The van der Waals surface area contributed by atoms with E-state index in [4.69, 9.17) is 0 Å². The molecule has 0 bridgehead atoms. The third-order valence-electron chi connectivity index (χ3n) is 4.77. The Morgan fingerprint density at radius 3 is 1.83 bits per heavy atom. The maximum atomic E-state index is 13.2. The number of carbonyl (C=O) groups is 1. The van der Waals surface area contributed by atoms with Gasteiger partial charge in [0, 0.05) is 0 Å². The van der Waals surface area contributed by atoms with Crippen molar-refractivity contribution in [3.63, 3.8) is 0 Å². The summed E-state index contributed by atoms with van der Waals surface area (Å²) in [6.07, 6.45) is -13.7. The zero-order valence-corrected chi connectivity index (χ0v) is 13.7. The van der Waals surface area contributed by atoms with Crippen LogP contribution >= 0.6 is 0 Å². The van der Waals surface area contributed by atoms with Crippen molar-refractivity contribution in [2.24, 2.45) is 11.3 Å². The first kappa shape index (κ1) is 21.1. The first-order chi connectivity index (χ1) is 10.7. The van der Waals surface area contributed by atoms with Gasteiger partial charge in [0.1, 0.15) is 0 Å². The van der Waals surface area contributed by atoms with Gasteiger partial charge in [0.2, 0.25) is 0 Å². The molecule has 1 aliphatic carbocycles. The predicted molar refractivity (Wildman–Crippen MR) is 73.0 cm³/mol. The summed E-state index contributed by atoms with van der Waals surface area (Å²) in [6, 6.07) is 0. The van der Waals surface area contributed by atoms with Crippen molar-refractivity contribution in [2.75, 3.05) is 0 Å². The summed E-state index contributed by atoms with van der Waals surface area (Å²) >= 11 is 0. The maximum Gasteiger partial charge on any atom is 0.430 e. The number of ether oxygens (including phenoxy) is 1. The van der Waals surface area contributed by atoms with Crippen molar-refractivity contribution in [1.29, 1.82) is 0 Å². The normalized spacial score (nSPS) is 19.4. The summed E-state index contributed by atoms with van der Waals surface area (Å²) in [7, 11) is 0. The van der Waals surface area contributed by atoms with Crippen molar-refractivity contribution in [3.8, 4) is 0 Å². The maximum absolute atomic E-state index is 13.2. The summed E-state index contributed by atoms with van der Waals surface area (Å²) in [4.78, 5) is 12.1. The molecule has 0 aliphatic heterocycles. The number of hydrogen-bond acceptors (Lipinski definition) is 3. The van der Waals surface area contributed by atoms with Crippen molar-refractivity contribution in [1.82, 2.24) is 0 Å². The molecule has 3 nitrogen and oxygen atoms in total. The molecule has 0 spiro atoms. The van der Waals surface area contributed by atoms with Gasteiger partial charge < -0.3 is 9.84 Å². The number of aliphatic hydroxyl groups is 1. The Morgan fingerprint density at radius 2 is 1.50 bits per heavy atom. The second kappa shape index (κ2) is 6.72. The smallest absolute Gasteiger partial charge is 0.430 e.